The van der Waals surface area contributed by atoms with Crippen molar-refractivity contribution in [3.63, 3.8) is 0 Å². The van der Waals surface area contributed by atoms with Crippen LogP contribution in [-0.4, -0.2) is 31.3 Å². The van der Waals surface area contributed by atoms with Crippen LogP contribution in [0.25, 0.3) is 22.7 Å². The predicted molar refractivity (Wildman–Crippen MR) is 137 cm³/mol. The Morgan fingerprint density at radius 3 is 2.75 bits per heavy atom. The van der Waals surface area contributed by atoms with Crippen molar-refractivity contribution in [3.05, 3.63) is 84.5 Å². The number of hydrogen-bond acceptors (Lipinski definition) is 8. The van der Waals surface area contributed by atoms with Crippen LogP contribution in [0.3, 0.4) is 0 Å². The van der Waals surface area contributed by atoms with Gasteiger partial charge in [0.15, 0.2) is 5.76 Å². The van der Waals surface area contributed by atoms with Crippen LogP contribution >= 0.6 is 0 Å². The smallest absolute Gasteiger partial charge is 0.223 e. The van der Waals surface area contributed by atoms with Crippen molar-refractivity contribution in [3.8, 4) is 28.5 Å². The van der Waals surface area contributed by atoms with E-state index in [1.807, 2.05) is 55.5 Å². The summed E-state index contributed by atoms with van der Waals surface area (Å²) in [6, 6.07) is 15.6. The first kappa shape index (κ1) is 23.5. The van der Waals surface area contributed by atoms with E-state index in [-0.39, 0.29) is 17.8 Å². The fraction of sp³-hybridized carbons (Fsp3) is 0.286. The maximum atomic E-state index is 9.74. The van der Waals surface area contributed by atoms with Gasteiger partial charge in [0.25, 0.3) is 0 Å². The van der Waals surface area contributed by atoms with E-state index in [4.69, 9.17) is 9.26 Å². The van der Waals surface area contributed by atoms with Gasteiger partial charge in [0, 0.05) is 29.8 Å². The second-order valence-corrected chi connectivity index (χ2v) is 9.03. The Hall–Kier alpha value is -4.20. The van der Waals surface area contributed by atoms with Gasteiger partial charge in [-0.1, -0.05) is 42.1 Å². The molecule has 2 N–H and O–H groups in total. The molecule has 2 atom stereocenters. The minimum absolute atomic E-state index is 0.0410. The van der Waals surface area contributed by atoms with Crippen molar-refractivity contribution in [1.82, 2.24) is 20.1 Å². The molecule has 1 aliphatic carbocycles. The summed E-state index contributed by atoms with van der Waals surface area (Å²) < 4.78 is 11.7. The van der Waals surface area contributed by atoms with E-state index in [0.29, 0.717) is 29.7 Å². The van der Waals surface area contributed by atoms with Crippen molar-refractivity contribution < 1.29 is 14.4 Å². The molecule has 0 bridgehead atoms. The lowest BCUT2D eigenvalue weighted by Crippen LogP contribution is -2.26. The zero-order chi connectivity index (χ0) is 24.9. The first-order valence-corrected chi connectivity index (χ1v) is 12.1. The number of hydrogen-bond donors (Lipinski definition) is 2. The normalized spacial score (nSPS) is 17.5. The van der Waals surface area contributed by atoms with E-state index in [9.17, 15) is 5.11 Å². The van der Waals surface area contributed by atoms with Crippen LogP contribution in [-0.2, 0) is 6.54 Å². The molecule has 8 heteroatoms. The summed E-state index contributed by atoms with van der Waals surface area (Å²) in [6.07, 6.45) is 7.16. The van der Waals surface area contributed by atoms with Gasteiger partial charge in [0.1, 0.15) is 11.4 Å². The number of ether oxygens (including phenoxy) is 1. The van der Waals surface area contributed by atoms with Crippen molar-refractivity contribution in [2.24, 2.45) is 5.92 Å². The van der Waals surface area contributed by atoms with E-state index in [1.54, 1.807) is 12.4 Å². The van der Waals surface area contributed by atoms with Crippen LogP contribution in [0.15, 0.2) is 77.8 Å². The minimum atomic E-state index is 0.0410. The largest absolute Gasteiger partial charge is 0.513 e. The lowest BCUT2D eigenvalue weighted by molar-refractivity contribution is 0.118. The third kappa shape index (κ3) is 5.38. The summed E-state index contributed by atoms with van der Waals surface area (Å²) >= 11 is 0. The minimum Gasteiger partial charge on any atom is -0.513 e. The highest BCUT2D eigenvalue weighted by Gasteiger charge is 2.25. The summed E-state index contributed by atoms with van der Waals surface area (Å²) in [6.45, 7) is 6.03. The molecule has 3 aromatic heterocycles. The molecule has 0 saturated heterocycles. The third-order valence-corrected chi connectivity index (χ3v) is 6.50. The van der Waals surface area contributed by atoms with E-state index < -0.39 is 0 Å². The summed E-state index contributed by atoms with van der Waals surface area (Å²) in [5.74, 6) is 2.15. The number of rotatable bonds is 8. The van der Waals surface area contributed by atoms with Gasteiger partial charge in [0.2, 0.25) is 5.95 Å². The maximum Gasteiger partial charge on any atom is 0.223 e. The quantitative estimate of drug-likeness (QED) is 0.289. The molecule has 4 aromatic rings. The maximum absolute atomic E-state index is 9.74. The molecule has 8 nitrogen and oxygen atoms in total. The van der Waals surface area contributed by atoms with Crippen LogP contribution < -0.4 is 10.1 Å². The Balaban J connectivity index is 1.26. The van der Waals surface area contributed by atoms with E-state index in [0.717, 1.165) is 48.2 Å². The zero-order valence-corrected chi connectivity index (χ0v) is 20.2. The predicted octanol–water partition coefficient (Wildman–Crippen LogP) is 6.12. The summed E-state index contributed by atoms with van der Waals surface area (Å²) in [7, 11) is 0. The lowest BCUT2D eigenvalue weighted by Gasteiger charge is -2.28. The van der Waals surface area contributed by atoms with Gasteiger partial charge in [0.05, 0.1) is 29.4 Å². The molecule has 0 radical (unpaired) electrons. The molecule has 1 unspecified atom stereocenters. The number of aromatic nitrogens is 4. The first-order chi connectivity index (χ1) is 17.6. The van der Waals surface area contributed by atoms with Gasteiger partial charge in [-0.15, -0.1) is 0 Å². The summed E-state index contributed by atoms with van der Waals surface area (Å²) in [5, 5.41) is 17.2. The van der Waals surface area contributed by atoms with Gasteiger partial charge in [-0.25, -0.2) is 15.0 Å². The van der Waals surface area contributed by atoms with Crippen LogP contribution in [0, 0.1) is 12.8 Å². The Morgan fingerprint density at radius 2 is 1.97 bits per heavy atom. The topological polar surface area (TPSA) is 106 Å². The van der Waals surface area contributed by atoms with Gasteiger partial charge >= 0.3 is 0 Å². The second-order valence-electron chi connectivity index (χ2n) is 9.03. The highest BCUT2D eigenvalue weighted by atomic mass is 16.5. The van der Waals surface area contributed by atoms with Crippen molar-refractivity contribution >= 4 is 5.95 Å². The number of aliphatic hydroxyl groups excluding tert-OH is 1. The van der Waals surface area contributed by atoms with Gasteiger partial charge in [-0.3, -0.25) is 0 Å². The number of aryl methyl sites for hydroxylation is 1. The zero-order valence-electron chi connectivity index (χ0n) is 20.2. The van der Waals surface area contributed by atoms with Crippen LogP contribution in [0.5, 0.6) is 5.75 Å². The standard InChI is InChI=1S/C28H29N5O3/c1-18-24(17-31-28-29-14-13-25(32-28)20-7-4-3-5-8-20)27(36-33-18)26-12-11-23(16-30-26)35-22-10-6-9-21(15-22)19(2)34/h3-5,7-8,11-14,16,21-22,34H,2,6,9-10,15,17H2,1H3,(H,29,31,32)/t21-,22?/m0/s1. The third-order valence-electron chi connectivity index (χ3n) is 6.50. The lowest BCUT2D eigenvalue weighted by atomic mass is 9.86. The fourth-order valence-corrected chi connectivity index (χ4v) is 4.51. The Morgan fingerprint density at radius 1 is 1.11 bits per heavy atom. The highest BCUT2D eigenvalue weighted by molar-refractivity contribution is 5.61. The highest BCUT2D eigenvalue weighted by Crippen LogP contribution is 2.32. The van der Waals surface area contributed by atoms with Gasteiger partial charge in [-0.2, -0.15) is 0 Å². The van der Waals surface area contributed by atoms with E-state index >= 15 is 0 Å². The molecule has 184 valence electrons. The fourth-order valence-electron chi connectivity index (χ4n) is 4.51. The summed E-state index contributed by atoms with van der Waals surface area (Å²) in [4.78, 5) is 13.6. The van der Waals surface area contributed by atoms with E-state index in [2.05, 4.69) is 32.0 Å². The number of nitrogens with one attached hydrogen (secondary N) is 1. The molecule has 36 heavy (non-hydrogen) atoms. The van der Waals surface area contributed by atoms with Crippen molar-refractivity contribution in [2.75, 3.05) is 5.32 Å². The number of pyridine rings is 1. The first-order valence-electron chi connectivity index (χ1n) is 12.1. The molecular weight excluding hydrogens is 454 g/mol. The Kier molecular flexibility index (Phi) is 6.93. The van der Waals surface area contributed by atoms with Gasteiger partial charge < -0.3 is 19.7 Å². The van der Waals surface area contributed by atoms with Crippen molar-refractivity contribution in [1.29, 1.82) is 0 Å². The molecule has 0 aliphatic heterocycles. The number of aliphatic hydroxyl groups is 1. The molecule has 1 saturated carbocycles. The Labute approximate surface area is 210 Å². The molecule has 0 spiro atoms. The molecule has 3 heterocycles. The average Bonchev–Trinajstić information content (AvgIpc) is 3.29. The number of allylic oxidation sites excluding steroid dienone is 1. The van der Waals surface area contributed by atoms with Crippen LogP contribution in [0.2, 0.25) is 0 Å². The van der Waals surface area contributed by atoms with Gasteiger partial charge in [-0.05, 0) is 50.8 Å². The molecule has 1 aliphatic rings. The molecule has 1 fully saturated rings. The molecule has 0 amide bonds. The summed E-state index contributed by atoms with van der Waals surface area (Å²) in [5.41, 5.74) is 4.21. The number of nitrogens with zero attached hydrogens (tertiary/aromatic N) is 4. The van der Waals surface area contributed by atoms with Crippen LogP contribution in [0.4, 0.5) is 5.95 Å². The SMILES string of the molecule is C=C(O)[C@H]1CCCC(Oc2ccc(-c3onc(C)c3CNc3nccc(-c4ccccc4)n3)nc2)C1. The van der Waals surface area contributed by atoms with Crippen LogP contribution in [0.1, 0.15) is 36.9 Å². The van der Waals surface area contributed by atoms with Crippen molar-refractivity contribution in [2.45, 2.75) is 45.3 Å². The molecule has 1 aromatic carbocycles. The molecular formula is C28H29N5O3. The number of anilines is 1. The van der Waals surface area contributed by atoms with E-state index in [1.165, 1.54) is 0 Å². The monoisotopic (exact) mass is 483 g/mol. The Bertz CT molecular complexity index is 1320. The molecule has 5 rings (SSSR count). The second kappa shape index (κ2) is 10.6. The number of benzene rings is 1. The average molecular weight is 484 g/mol.